The van der Waals surface area contributed by atoms with Gasteiger partial charge in [-0.15, -0.1) is 0 Å². The van der Waals surface area contributed by atoms with Gasteiger partial charge in [0.05, 0.1) is 12.4 Å². The summed E-state index contributed by atoms with van der Waals surface area (Å²) >= 11 is 0. The van der Waals surface area contributed by atoms with Gasteiger partial charge in [-0.2, -0.15) is 0 Å². The second-order valence-electron chi connectivity index (χ2n) is 5.15. The Kier molecular flexibility index (Phi) is 5.15. The number of H-pyrrole nitrogens is 1. The zero-order valence-electron chi connectivity index (χ0n) is 11.8. The van der Waals surface area contributed by atoms with Gasteiger partial charge in [0, 0.05) is 37.4 Å². The van der Waals surface area contributed by atoms with Gasteiger partial charge in [0.1, 0.15) is 6.04 Å². The number of aromatic nitrogens is 2. The van der Waals surface area contributed by atoms with Crippen molar-refractivity contribution in [2.24, 2.45) is 5.92 Å². The molecule has 0 radical (unpaired) electrons. The van der Waals surface area contributed by atoms with Crippen LogP contribution in [-0.4, -0.2) is 52.4 Å². The van der Waals surface area contributed by atoms with Gasteiger partial charge in [0.15, 0.2) is 0 Å². The minimum absolute atomic E-state index is 0.116. The molecule has 1 saturated heterocycles. The molecule has 0 bridgehead atoms. The molecule has 1 aliphatic heterocycles. The summed E-state index contributed by atoms with van der Waals surface area (Å²) in [6.45, 7) is 3.14. The lowest BCUT2D eigenvalue weighted by atomic mass is 10.0. The zero-order chi connectivity index (χ0) is 15.2. The number of ether oxygens (including phenoxy) is 1. The van der Waals surface area contributed by atoms with Crippen LogP contribution in [0.2, 0.25) is 0 Å². The molecule has 0 spiro atoms. The average molecular weight is 296 g/mol. The van der Waals surface area contributed by atoms with E-state index in [0.29, 0.717) is 18.8 Å². The molecular weight excluding hydrogens is 276 g/mol. The minimum Gasteiger partial charge on any atom is -0.480 e. The Morgan fingerprint density at radius 1 is 1.62 bits per heavy atom. The van der Waals surface area contributed by atoms with Crippen molar-refractivity contribution in [3.05, 3.63) is 18.2 Å². The van der Waals surface area contributed by atoms with Crippen LogP contribution in [0.25, 0.3) is 0 Å². The van der Waals surface area contributed by atoms with E-state index in [-0.39, 0.29) is 18.4 Å². The van der Waals surface area contributed by atoms with E-state index >= 15 is 0 Å². The lowest BCUT2D eigenvalue weighted by Crippen LogP contribution is -2.48. The summed E-state index contributed by atoms with van der Waals surface area (Å²) in [6, 6.07) is -1.48. The highest BCUT2D eigenvalue weighted by molar-refractivity contribution is 5.82. The van der Waals surface area contributed by atoms with Crippen molar-refractivity contribution in [2.75, 3.05) is 13.2 Å². The number of nitrogens with zero attached hydrogens (tertiary/aromatic N) is 1. The second kappa shape index (κ2) is 7.07. The molecule has 1 aromatic rings. The highest BCUT2D eigenvalue weighted by Gasteiger charge is 2.25. The molecule has 2 rings (SSSR count). The summed E-state index contributed by atoms with van der Waals surface area (Å²) in [7, 11) is 0. The van der Waals surface area contributed by atoms with Gasteiger partial charge in [-0.25, -0.2) is 14.6 Å². The fourth-order valence-corrected chi connectivity index (χ4v) is 2.29. The molecule has 2 heterocycles. The Bertz CT molecular complexity index is 477. The maximum Gasteiger partial charge on any atom is 0.326 e. The van der Waals surface area contributed by atoms with E-state index in [1.807, 2.05) is 6.92 Å². The molecule has 21 heavy (non-hydrogen) atoms. The van der Waals surface area contributed by atoms with Gasteiger partial charge in [0.25, 0.3) is 0 Å². The van der Waals surface area contributed by atoms with Gasteiger partial charge < -0.3 is 25.5 Å². The SMILES string of the molecule is CC1OCCC1CNC(=O)N[C@H](Cc1cnc[nH]1)C(=O)O. The van der Waals surface area contributed by atoms with Gasteiger partial charge in [-0.3, -0.25) is 0 Å². The van der Waals surface area contributed by atoms with E-state index in [1.54, 1.807) is 0 Å². The smallest absolute Gasteiger partial charge is 0.326 e. The van der Waals surface area contributed by atoms with Crippen molar-refractivity contribution in [1.29, 1.82) is 0 Å². The summed E-state index contributed by atoms with van der Waals surface area (Å²) in [4.78, 5) is 29.6. The number of hydrogen-bond donors (Lipinski definition) is 4. The van der Waals surface area contributed by atoms with Crippen molar-refractivity contribution in [2.45, 2.75) is 31.9 Å². The largest absolute Gasteiger partial charge is 0.480 e. The van der Waals surface area contributed by atoms with Crippen LogP contribution in [0.3, 0.4) is 0 Å². The summed E-state index contributed by atoms with van der Waals surface area (Å²) in [5, 5.41) is 14.3. The fourth-order valence-electron chi connectivity index (χ4n) is 2.29. The number of rotatable bonds is 6. The van der Waals surface area contributed by atoms with Crippen LogP contribution < -0.4 is 10.6 Å². The number of carboxylic acid groups (broad SMARTS) is 1. The number of amides is 2. The molecule has 8 nitrogen and oxygen atoms in total. The Morgan fingerprint density at radius 3 is 3.00 bits per heavy atom. The molecule has 1 fully saturated rings. The molecule has 2 amide bonds. The topological polar surface area (TPSA) is 116 Å². The lowest BCUT2D eigenvalue weighted by Gasteiger charge is -2.17. The number of carboxylic acids is 1. The highest BCUT2D eigenvalue weighted by Crippen LogP contribution is 2.19. The Hall–Kier alpha value is -2.09. The normalized spacial score (nSPS) is 22.7. The van der Waals surface area contributed by atoms with Gasteiger partial charge in [-0.1, -0.05) is 0 Å². The molecule has 0 aromatic carbocycles. The van der Waals surface area contributed by atoms with E-state index in [4.69, 9.17) is 9.84 Å². The molecule has 8 heteroatoms. The van der Waals surface area contributed by atoms with Crippen molar-refractivity contribution in [3.63, 3.8) is 0 Å². The summed E-state index contributed by atoms with van der Waals surface area (Å²) in [6.07, 6.45) is 4.18. The van der Waals surface area contributed by atoms with Crippen molar-refractivity contribution < 1.29 is 19.4 Å². The summed E-state index contributed by atoms with van der Waals surface area (Å²) in [5.41, 5.74) is 0.653. The van der Waals surface area contributed by atoms with Gasteiger partial charge in [0.2, 0.25) is 0 Å². The van der Waals surface area contributed by atoms with E-state index in [2.05, 4.69) is 20.6 Å². The molecule has 4 N–H and O–H groups in total. The molecule has 1 aliphatic rings. The number of carbonyl (C=O) groups excluding carboxylic acids is 1. The van der Waals surface area contributed by atoms with Crippen LogP contribution in [0.4, 0.5) is 4.79 Å². The third-order valence-electron chi connectivity index (χ3n) is 3.64. The number of urea groups is 1. The van der Waals surface area contributed by atoms with Crippen molar-refractivity contribution in [3.8, 4) is 0 Å². The maximum atomic E-state index is 11.8. The standard InChI is InChI=1S/C13H20N4O4/c1-8-9(2-3-21-8)5-15-13(20)17-11(12(18)19)4-10-6-14-7-16-10/h6-9,11H,2-5H2,1H3,(H,14,16)(H,18,19)(H2,15,17,20)/t8?,9?,11-/m1/s1. The third kappa shape index (κ3) is 4.45. The molecule has 1 aromatic heterocycles. The molecule has 0 saturated carbocycles. The predicted molar refractivity (Wildman–Crippen MR) is 73.8 cm³/mol. The number of aliphatic carboxylic acids is 1. The van der Waals surface area contributed by atoms with Crippen LogP contribution in [-0.2, 0) is 16.0 Å². The number of hydrogen-bond acceptors (Lipinski definition) is 4. The maximum absolute atomic E-state index is 11.8. The molecule has 2 unspecified atom stereocenters. The predicted octanol–water partition coefficient (Wildman–Crippen LogP) is 0.130. The number of nitrogens with one attached hydrogen (secondary N) is 3. The average Bonchev–Trinajstić information content (AvgIpc) is 3.07. The highest BCUT2D eigenvalue weighted by atomic mass is 16.5. The van der Waals surface area contributed by atoms with E-state index in [0.717, 1.165) is 6.42 Å². The zero-order valence-corrected chi connectivity index (χ0v) is 11.8. The minimum atomic E-state index is -1.09. The Morgan fingerprint density at radius 2 is 2.43 bits per heavy atom. The van der Waals surface area contributed by atoms with Crippen LogP contribution >= 0.6 is 0 Å². The monoisotopic (exact) mass is 296 g/mol. The van der Waals surface area contributed by atoms with Crippen LogP contribution in [0.1, 0.15) is 19.0 Å². The number of aromatic amines is 1. The lowest BCUT2D eigenvalue weighted by molar-refractivity contribution is -0.139. The van der Waals surface area contributed by atoms with Crippen molar-refractivity contribution >= 4 is 12.0 Å². The molecule has 3 atom stereocenters. The summed E-state index contributed by atoms with van der Waals surface area (Å²) in [5.74, 6) is -0.816. The Balaban J connectivity index is 1.79. The van der Waals surface area contributed by atoms with Gasteiger partial charge in [-0.05, 0) is 13.3 Å². The number of imidazole rings is 1. The van der Waals surface area contributed by atoms with Crippen LogP contribution in [0, 0.1) is 5.92 Å². The van der Waals surface area contributed by atoms with Crippen LogP contribution in [0.15, 0.2) is 12.5 Å². The third-order valence-corrected chi connectivity index (χ3v) is 3.64. The fraction of sp³-hybridized carbons (Fsp3) is 0.615. The summed E-state index contributed by atoms with van der Waals surface area (Å²) < 4.78 is 5.41. The first-order valence-corrected chi connectivity index (χ1v) is 6.92. The van der Waals surface area contributed by atoms with Crippen LogP contribution in [0.5, 0.6) is 0 Å². The van der Waals surface area contributed by atoms with E-state index in [9.17, 15) is 9.59 Å². The molecule has 116 valence electrons. The number of carbonyl (C=O) groups is 2. The molecule has 0 aliphatic carbocycles. The van der Waals surface area contributed by atoms with Crippen molar-refractivity contribution in [1.82, 2.24) is 20.6 Å². The van der Waals surface area contributed by atoms with E-state index < -0.39 is 18.0 Å². The quantitative estimate of drug-likeness (QED) is 0.595. The Labute approximate surface area is 122 Å². The molecular formula is C13H20N4O4. The first kappa shape index (κ1) is 15.3. The first-order chi connectivity index (χ1) is 10.1. The van der Waals surface area contributed by atoms with Gasteiger partial charge >= 0.3 is 12.0 Å². The van der Waals surface area contributed by atoms with E-state index in [1.165, 1.54) is 12.5 Å². The second-order valence-corrected chi connectivity index (χ2v) is 5.15. The first-order valence-electron chi connectivity index (χ1n) is 6.92.